The maximum Gasteiger partial charge on any atom is 0.435 e. The van der Waals surface area contributed by atoms with Gasteiger partial charge in [-0.15, -0.1) is 0 Å². The van der Waals surface area contributed by atoms with Gasteiger partial charge in [-0.25, -0.2) is 4.21 Å². The summed E-state index contributed by atoms with van der Waals surface area (Å²) < 4.78 is 60.1. The Balaban J connectivity index is 1.60. The molecule has 0 saturated heterocycles. The SMILES string of the molecule is CS(=O)(=NC(=O)c1ccc(C2=NOC(c3cc(Cl)cc(Cl)c3)(C(F)(F)F)C2)cc1)c1cccc(Br)c1. The van der Waals surface area contributed by atoms with E-state index in [-0.39, 0.29) is 26.9 Å². The highest BCUT2D eigenvalue weighted by Gasteiger charge is 2.62. The average molecular weight is 620 g/mol. The second kappa shape index (κ2) is 9.81. The monoisotopic (exact) mass is 618 g/mol. The van der Waals surface area contributed by atoms with E-state index in [0.29, 0.717) is 14.9 Å². The van der Waals surface area contributed by atoms with Crippen LogP contribution in [0, 0.1) is 0 Å². The molecule has 36 heavy (non-hydrogen) atoms. The number of hydrogen-bond donors (Lipinski definition) is 0. The minimum Gasteiger partial charge on any atom is -0.374 e. The van der Waals surface area contributed by atoms with Crippen molar-refractivity contribution in [3.8, 4) is 0 Å². The van der Waals surface area contributed by atoms with Gasteiger partial charge in [0.25, 0.3) is 11.5 Å². The number of halogens is 6. The molecule has 1 aliphatic heterocycles. The lowest BCUT2D eigenvalue weighted by Gasteiger charge is -2.29. The molecule has 0 radical (unpaired) electrons. The number of amides is 1. The van der Waals surface area contributed by atoms with Gasteiger partial charge >= 0.3 is 6.18 Å². The van der Waals surface area contributed by atoms with Crippen molar-refractivity contribution in [1.29, 1.82) is 0 Å². The van der Waals surface area contributed by atoms with Gasteiger partial charge in [0.1, 0.15) is 0 Å². The fourth-order valence-electron chi connectivity index (χ4n) is 3.62. The molecule has 0 saturated carbocycles. The fraction of sp³-hybridized carbons (Fsp3) is 0.167. The summed E-state index contributed by atoms with van der Waals surface area (Å²) in [6.45, 7) is 0. The zero-order chi connectivity index (χ0) is 26.3. The van der Waals surface area contributed by atoms with E-state index in [0.717, 1.165) is 12.1 Å². The van der Waals surface area contributed by atoms with Gasteiger partial charge in [-0.05, 0) is 54.1 Å². The zero-order valence-corrected chi connectivity index (χ0v) is 22.3. The first-order valence-electron chi connectivity index (χ1n) is 10.2. The van der Waals surface area contributed by atoms with Gasteiger partial charge < -0.3 is 4.84 Å². The number of oxime groups is 1. The number of hydrogen-bond acceptors (Lipinski definition) is 4. The van der Waals surface area contributed by atoms with Crippen LogP contribution in [0.4, 0.5) is 13.2 Å². The van der Waals surface area contributed by atoms with Gasteiger partial charge in [0.15, 0.2) is 0 Å². The molecule has 5 nitrogen and oxygen atoms in total. The third-order valence-electron chi connectivity index (χ3n) is 5.47. The first-order chi connectivity index (χ1) is 16.8. The Labute approximate surface area is 223 Å². The molecule has 0 aromatic heterocycles. The molecule has 0 N–H and O–H groups in total. The molecule has 3 aromatic carbocycles. The van der Waals surface area contributed by atoms with Gasteiger partial charge in [0.05, 0.1) is 15.4 Å². The largest absolute Gasteiger partial charge is 0.435 e. The fourth-order valence-corrected chi connectivity index (χ4v) is 5.90. The van der Waals surface area contributed by atoms with E-state index in [4.69, 9.17) is 28.0 Å². The van der Waals surface area contributed by atoms with Gasteiger partial charge in [-0.3, -0.25) is 4.79 Å². The maximum atomic E-state index is 14.2. The average Bonchev–Trinajstić information content (AvgIpc) is 3.25. The first-order valence-corrected chi connectivity index (χ1v) is 13.7. The molecule has 3 aromatic rings. The normalized spacial score (nSPS) is 19.2. The molecule has 0 aliphatic carbocycles. The van der Waals surface area contributed by atoms with Crippen molar-refractivity contribution >= 4 is 60.5 Å². The summed E-state index contributed by atoms with van der Waals surface area (Å²) in [7, 11) is -3.02. The second-order valence-electron chi connectivity index (χ2n) is 8.02. The van der Waals surface area contributed by atoms with Gasteiger partial charge in [0, 0.05) is 43.2 Å². The third kappa shape index (κ3) is 5.32. The number of nitrogens with zero attached hydrogens (tertiary/aromatic N) is 2. The van der Waals surface area contributed by atoms with E-state index in [2.05, 4.69) is 25.4 Å². The van der Waals surface area contributed by atoms with E-state index in [1.54, 1.807) is 24.3 Å². The lowest BCUT2D eigenvalue weighted by atomic mass is 9.86. The molecular formula is C24H16BrCl2F3N2O3S. The second-order valence-corrected chi connectivity index (χ2v) is 12.1. The van der Waals surface area contributed by atoms with Crippen molar-refractivity contribution in [3.05, 3.63) is 97.9 Å². The Kier molecular flexibility index (Phi) is 7.27. The number of benzene rings is 3. The number of carbonyl (C=O) groups excluding carboxylic acids is 1. The standard InChI is InChI=1S/C24H16BrCl2F3N2O3S/c1-36(34,20-4-2-3-17(25)11-20)32-22(33)15-7-5-14(6-8-15)21-13-23(35-31-21,24(28,29)30)16-9-18(26)12-19(27)10-16/h2-12H,13H2,1H3. The lowest BCUT2D eigenvalue weighted by Crippen LogP contribution is -2.42. The van der Waals surface area contributed by atoms with E-state index in [1.807, 2.05) is 0 Å². The van der Waals surface area contributed by atoms with E-state index in [9.17, 15) is 22.2 Å². The van der Waals surface area contributed by atoms with E-state index >= 15 is 0 Å². The molecule has 1 heterocycles. The molecule has 12 heteroatoms. The highest BCUT2D eigenvalue weighted by molar-refractivity contribution is 9.10. The number of carbonyl (C=O) groups is 1. The predicted octanol–water partition coefficient (Wildman–Crippen LogP) is 7.64. The van der Waals surface area contributed by atoms with Crippen LogP contribution in [0.5, 0.6) is 0 Å². The molecule has 188 valence electrons. The smallest absolute Gasteiger partial charge is 0.374 e. The Morgan fingerprint density at radius 1 is 1.08 bits per heavy atom. The summed E-state index contributed by atoms with van der Waals surface area (Å²) in [4.78, 5) is 18.0. The van der Waals surface area contributed by atoms with Gasteiger partial charge in [0.2, 0.25) is 0 Å². The summed E-state index contributed by atoms with van der Waals surface area (Å²) in [6, 6.07) is 15.9. The molecule has 0 fully saturated rings. The van der Waals surface area contributed by atoms with Crippen molar-refractivity contribution in [1.82, 2.24) is 0 Å². The van der Waals surface area contributed by atoms with Crippen LogP contribution in [-0.4, -0.2) is 28.3 Å². The summed E-state index contributed by atoms with van der Waals surface area (Å²) in [5, 5.41) is 3.75. The first kappa shape index (κ1) is 26.7. The minimum absolute atomic E-state index is 0.0211. The van der Waals surface area contributed by atoms with E-state index in [1.165, 1.54) is 36.6 Å². The van der Waals surface area contributed by atoms with Gasteiger partial charge in [-0.1, -0.05) is 62.5 Å². The molecule has 0 bridgehead atoms. The highest BCUT2D eigenvalue weighted by Crippen LogP contribution is 2.49. The quantitative estimate of drug-likeness (QED) is 0.301. The molecule has 1 amide bonds. The topological polar surface area (TPSA) is 68.1 Å². The summed E-state index contributed by atoms with van der Waals surface area (Å²) >= 11 is 15.1. The van der Waals surface area contributed by atoms with Crippen LogP contribution in [0.25, 0.3) is 0 Å². The van der Waals surface area contributed by atoms with Crippen molar-refractivity contribution in [2.75, 3.05) is 6.26 Å². The third-order valence-corrected chi connectivity index (χ3v) is 8.04. The van der Waals surface area contributed by atoms with E-state index < -0.39 is 33.8 Å². The Bertz CT molecular complexity index is 1480. The lowest BCUT2D eigenvalue weighted by molar-refractivity contribution is -0.275. The van der Waals surface area contributed by atoms with Crippen LogP contribution in [0.15, 0.2) is 85.6 Å². The summed E-state index contributed by atoms with van der Waals surface area (Å²) in [6.07, 6.45) is -4.10. The molecule has 4 rings (SSSR count). The predicted molar refractivity (Wildman–Crippen MR) is 136 cm³/mol. The molecule has 1 aliphatic rings. The summed E-state index contributed by atoms with van der Waals surface area (Å²) in [5.74, 6) is -0.725. The molecule has 2 atom stereocenters. The van der Waals surface area contributed by atoms with Crippen LogP contribution < -0.4 is 0 Å². The molecule has 0 spiro atoms. The van der Waals surface area contributed by atoms with Crippen LogP contribution >= 0.6 is 39.1 Å². The van der Waals surface area contributed by atoms with Crippen LogP contribution in [0.1, 0.15) is 27.9 Å². The van der Waals surface area contributed by atoms with Crippen molar-refractivity contribution in [2.24, 2.45) is 9.52 Å². The van der Waals surface area contributed by atoms with Crippen LogP contribution in [-0.2, 0) is 20.2 Å². The zero-order valence-electron chi connectivity index (χ0n) is 18.4. The van der Waals surface area contributed by atoms with Crippen molar-refractivity contribution < 1.29 is 27.0 Å². The van der Waals surface area contributed by atoms with Crippen molar-refractivity contribution in [3.63, 3.8) is 0 Å². The number of alkyl halides is 3. The van der Waals surface area contributed by atoms with Crippen LogP contribution in [0.3, 0.4) is 0 Å². The molecular weight excluding hydrogens is 604 g/mol. The minimum atomic E-state index is -4.82. The molecule has 2 unspecified atom stereocenters. The highest BCUT2D eigenvalue weighted by atomic mass is 79.9. The van der Waals surface area contributed by atoms with Crippen LogP contribution in [0.2, 0.25) is 10.0 Å². The van der Waals surface area contributed by atoms with Gasteiger partial charge in [-0.2, -0.15) is 17.5 Å². The Morgan fingerprint density at radius 2 is 1.72 bits per heavy atom. The summed E-state index contributed by atoms with van der Waals surface area (Å²) in [5.41, 5.74) is -2.59. The number of rotatable bonds is 4. The van der Waals surface area contributed by atoms with Crippen molar-refractivity contribution in [2.45, 2.75) is 23.1 Å². The Morgan fingerprint density at radius 3 is 2.31 bits per heavy atom. The Hall–Kier alpha value is -2.40. The maximum absolute atomic E-state index is 14.2.